The molecule has 0 amide bonds. The number of nitrogens with zero attached hydrogens (tertiary/aromatic N) is 3. The largest absolute Gasteiger partial charge is 0.339 e. The fraction of sp³-hybridized carbons (Fsp3) is 0.400. The van der Waals surface area contributed by atoms with Crippen LogP contribution in [0.15, 0.2) is 42.7 Å². The van der Waals surface area contributed by atoms with Gasteiger partial charge in [0, 0.05) is 36.7 Å². The van der Waals surface area contributed by atoms with Crippen molar-refractivity contribution in [2.75, 3.05) is 11.4 Å². The van der Waals surface area contributed by atoms with Crippen LogP contribution in [0.5, 0.6) is 0 Å². The molecule has 1 fully saturated rings. The van der Waals surface area contributed by atoms with Gasteiger partial charge in [-0.05, 0) is 31.9 Å². The number of benzene rings is 1. The lowest BCUT2D eigenvalue weighted by molar-refractivity contribution is 0.423. The predicted octanol–water partition coefficient (Wildman–Crippen LogP) is 2.19. The first-order valence-electron chi connectivity index (χ1n) is 6.86. The maximum absolute atomic E-state index is 6.04. The van der Waals surface area contributed by atoms with Crippen molar-refractivity contribution in [1.29, 1.82) is 0 Å². The van der Waals surface area contributed by atoms with Crippen LogP contribution in [-0.2, 0) is 0 Å². The van der Waals surface area contributed by atoms with Gasteiger partial charge in [0.1, 0.15) is 0 Å². The van der Waals surface area contributed by atoms with Crippen LogP contribution in [0.25, 0.3) is 5.69 Å². The lowest BCUT2D eigenvalue weighted by Gasteiger charge is -2.37. The summed E-state index contributed by atoms with van der Waals surface area (Å²) in [5, 5.41) is 0. The Hall–Kier alpha value is -1.81. The van der Waals surface area contributed by atoms with Gasteiger partial charge in [-0.1, -0.05) is 18.2 Å². The Kier molecular flexibility index (Phi) is 3.25. The van der Waals surface area contributed by atoms with Crippen molar-refractivity contribution in [2.24, 2.45) is 5.73 Å². The minimum Gasteiger partial charge on any atom is -0.339 e. The summed E-state index contributed by atoms with van der Waals surface area (Å²) in [5.74, 6) is 1.02. The van der Waals surface area contributed by atoms with E-state index in [0.717, 1.165) is 31.0 Å². The molecule has 0 bridgehead atoms. The van der Waals surface area contributed by atoms with Gasteiger partial charge in [0.2, 0.25) is 5.95 Å². The van der Waals surface area contributed by atoms with Crippen LogP contribution in [0, 0.1) is 0 Å². The Labute approximate surface area is 113 Å². The van der Waals surface area contributed by atoms with E-state index in [1.165, 1.54) is 0 Å². The van der Waals surface area contributed by atoms with E-state index in [1.807, 2.05) is 18.5 Å². The van der Waals surface area contributed by atoms with Gasteiger partial charge in [-0.2, -0.15) is 0 Å². The van der Waals surface area contributed by atoms with Gasteiger partial charge in [-0.25, -0.2) is 4.98 Å². The zero-order valence-corrected chi connectivity index (χ0v) is 11.2. The number of hydrogen-bond acceptors (Lipinski definition) is 3. The van der Waals surface area contributed by atoms with Gasteiger partial charge in [0.15, 0.2) is 0 Å². The Morgan fingerprint density at radius 2 is 2.05 bits per heavy atom. The number of nitrogens with two attached hydrogens (primary N) is 1. The summed E-state index contributed by atoms with van der Waals surface area (Å²) in [6, 6.07) is 11.1. The molecule has 0 radical (unpaired) electrons. The highest BCUT2D eigenvalue weighted by atomic mass is 15.3. The van der Waals surface area contributed by atoms with Crippen molar-refractivity contribution in [1.82, 2.24) is 9.55 Å². The van der Waals surface area contributed by atoms with Crippen molar-refractivity contribution in [3.63, 3.8) is 0 Å². The Bertz CT molecular complexity index is 534. The number of para-hydroxylation sites is 1. The maximum atomic E-state index is 6.04. The summed E-state index contributed by atoms with van der Waals surface area (Å²) in [6.07, 6.45) is 5.95. The minimum atomic E-state index is 0.325. The summed E-state index contributed by atoms with van der Waals surface area (Å²) in [7, 11) is 0. The molecule has 0 spiro atoms. The topological polar surface area (TPSA) is 47.1 Å². The highest BCUT2D eigenvalue weighted by Gasteiger charge is 2.26. The molecule has 100 valence electrons. The van der Waals surface area contributed by atoms with E-state index in [2.05, 4.69) is 45.6 Å². The van der Waals surface area contributed by atoms with E-state index in [4.69, 9.17) is 5.73 Å². The van der Waals surface area contributed by atoms with Crippen LogP contribution < -0.4 is 10.6 Å². The number of hydrogen-bond donors (Lipinski definition) is 1. The fourth-order valence-electron chi connectivity index (χ4n) is 2.80. The summed E-state index contributed by atoms with van der Waals surface area (Å²) in [4.78, 5) is 6.90. The van der Waals surface area contributed by atoms with Crippen LogP contribution in [0.1, 0.15) is 19.8 Å². The average Bonchev–Trinajstić information content (AvgIpc) is 2.89. The average molecular weight is 256 g/mol. The van der Waals surface area contributed by atoms with Gasteiger partial charge < -0.3 is 10.6 Å². The van der Waals surface area contributed by atoms with Gasteiger partial charge in [-0.15, -0.1) is 0 Å². The SMILES string of the molecule is CC1CC(N)CCN1c1nccn1-c1ccccc1. The van der Waals surface area contributed by atoms with Crippen molar-refractivity contribution >= 4 is 5.95 Å². The standard InChI is InChI=1S/C15H20N4/c1-12-11-13(16)7-9-18(12)15-17-8-10-19(15)14-5-3-2-4-6-14/h2-6,8,10,12-13H,7,9,11,16H2,1H3. The number of piperidine rings is 1. The van der Waals surface area contributed by atoms with E-state index in [-0.39, 0.29) is 0 Å². The first kappa shape index (κ1) is 12.2. The smallest absolute Gasteiger partial charge is 0.210 e. The van der Waals surface area contributed by atoms with E-state index >= 15 is 0 Å². The molecular formula is C15H20N4. The second kappa shape index (κ2) is 5.05. The van der Waals surface area contributed by atoms with Crippen molar-refractivity contribution in [3.05, 3.63) is 42.7 Å². The monoisotopic (exact) mass is 256 g/mol. The van der Waals surface area contributed by atoms with Crippen molar-refractivity contribution in [2.45, 2.75) is 31.8 Å². The predicted molar refractivity (Wildman–Crippen MR) is 77.6 cm³/mol. The summed E-state index contributed by atoms with van der Waals surface area (Å²) in [5.41, 5.74) is 7.19. The molecule has 2 heterocycles. The molecule has 3 rings (SSSR count). The number of imidazole rings is 1. The first-order valence-corrected chi connectivity index (χ1v) is 6.86. The van der Waals surface area contributed by atoms with Gasteiger partial charge in [0.25, 0.3) is 0 Å². The van der Waals surface area contributed by atoms with Gasteiger partial charge in [0.05, 0.1) is 0 Å². The summed E-state index contributed by atoms with van der Waals surface area (Å²) in [6.45, 7) is 3.20. The van der Waals surface area contributed by atoms with Crippen LogP contribution in [0.4, 0.5) is 5.95 Å². The first-order chi connectivity index (χ1) is 9.25. The zero-order chi connectivity index (χ0) is 13.2. The third-order valence-electron chi connectivity index (χ3n) is 3.83. The molecule has 2 aromatic rings. The number of anilines is 1. The molecule has 2 N–H and O–H groups in total. The van der Waals surface area contributed by atoms with Crippen LogP contribution in [0.3, 0.4) is 0 Å². The molecule has 1 aliphatic heterocycles. The molecule has 4 nitrogen and oxygen atoms in total. The lowest BCUT2D eigenvalue weighted by Crippen LogP contribution is -2.46. The molecular weight excluding hydrogens is 236 g/mol. The molecule has 2 atom stereocenters. The Morgan fingerprint density at radius 3 is 2.79 bits per heavy atom. The minimum absolute atomic E-state index is 0.325. The highest BCUT2D eigenvalue weighted by Crippen LogP contribution is 2.25. The van der Waals surface area contributed by atoms with Crippen molar-refractivity contribution < 1.29 is 0 Å². The van der Waals surface area contributed by atoms with E-state index in [0.29, 0.717) is 12.1 Å². The van der Waals surface area contributed by atoms with E-state index < -0.39 is 0 Å². The Balaban J connectivity index is 1.92. The quantitative estimate of drug-likeness (QED) is 0.896. The molecule has 1 aromatic carbocycles. The second-order valence-corrected chi connectivity index (χ2v) is 5.26. The molecule has 19 heavy (non-hydrogen) atoms. The zero-order valence-electron chi connectivity index (χ0n) is 11.2. The maximum Gasteiger partial charge on any atom is 0.210 e. The fourth-order valence-corrected chi connectivity index (χ4v) is 2.80. The van der Waals surface area contributed by atoms with E-state index in [9.17, 15) is 0 Å². The van der Waals surface area contributed by atoms with Gasteiger partial charge >= 0.3 is 0 Å². The normalized spacial score (nSPS) is 23.6. The number of aromatic nitrogens is 2. The van der Waals surface area contributed by atoms with Crippen LogP contribution in [-0.4, -0.2) is 28.2 Å². The molecule has 0 aliphatic carbocycles. The third-order valence-corrected chi connectivity index (χ3v) is 3.83. The summed E-state index contributed by atoms with van der Waals surface area (Å²) >= 11 is 0. The van der Waals surface area contributed by atoms with Crippen LogP contribution in [0.2, 0.25) is 0 Å². The van der Waals surface area contributed by atoms with E-state index in [1.54, 1.807) is 0 Å². The summed E-state index contributed by atoms with van der Waals surface area (Å²) < 4.78 is 2.15. The molecule has 2 unspecified atom stereocenters. The van der Waals surface area contributed by atoms with Gasteiger partial charge in [-0.3, -0.25) is 4.57 Å². The van der Waals surface area contributed by atoms with Crippen LogP contribution >= 0.6 is 0 Å². The molecule has 1 saturated heterocycles. The molecule has 1 aliphatic rings. The second-order valence-electron chi connectivity index (χ2n) is 5.26. The highest BCUT2D eigenvalue weighted by molar-refractivity contribution is 5.44. The Morgan fingerprint density at radius 1 is 1.26 bits per heavy atom. The van der Waals surface area contributed by atoms with Crippen molar-refractivity contribution in [3.8, 4) is 5.69 Å². The molecule has 0 saturated carbocycles. The molecule has 1 aromatic heterocycles. The molecule has 4 heteroatoms. The number of rotatable bonds is 2. The third kappa shape index (κ3) is 2.36. The lowest BCUT2D eigenvalue weighted by atomic mass is 10.00.